The molecule has 34 heavy (non-hydrogen) atoms. The Bertz CT molecular complexity index is 1110. The fourth-order valence-electron chi connectivity index (χ4n) is 4.44. The van der Waals surface area contributed by atoms with Crippen molar-refractivity contribution in [2.24, 2.45) is 0 Å². The molecule has 1 aliphatic carbocycles. The summed E-state index contributed by atoms with van der Waals surface area (Å²) in [6.07, 6.45) is 6.68. The first-order chi connectivity index (χ1) is 16.6. The van der Waals surface area contributed by atoms with E-state index in [1.807, 2.05) is 36.4 Å². The molecule has 3 aromatic rings. The Hall–Kier alpha value is -3.25. The van der Waals surface area contributed by atoms with Crippen LogP contribution >= 0.6 is 11.6 Å². The maximum absolute atomic E-state index is 13.8. The van der Waals surface area contributed by atoms with E-state index in [2.05, 4.69) is 5.32 Å². The van der Waals surface area contributed by atoms with Crippen LogP contribution in [0.15, 0.2) is 71.3 Å². The topological polar surface area (TPSA) is 71.8 Å². The van der Waals surface area contributed by atoms with Crippen LogP contribution < -0.4 is 10.1 Å². The highest BCUT2D eigenvalue weighted by Crippen LogP contribution is 2.30. The smallest absolute Gasteiger partial charge is 0.290 e. The Morgan fingerprint density at radius 2 is 1.88 bits per heavy atom. The number of hydrogen-bond acceptors (Lipinski definition) is 4. The largest absolute Gasteiger partial charge is 0.497 e. The molecule has 6 nitrogen and oxygen atoms in total. The van der Waals surface area contributed by atoms with Crippen molar-refractivity contribution < 1.29 is 18.7 Å². The number of halogens is 1. The molecule has 1 N–H and O–H groups in total. The molecule has 2 amide bonds. The van der Waals surface area contributed by atoms with Gasteiger partial charge in [0, 0.05) is 17.6 Å². The number of ether oxygens (including phenoxy) is 1. The van der Waals surface area contributed by atoms with Crippen molar-refractivity contribution in [3.63, 3.8) is 0 Å². The monoisotopic (exact) mass is 480 g/mol. The molecule has 1 unspecified atom stereocenters. The highest BCUT2D eigenvalue weighted by Gasteiger charge is 2.35. The Morgan fingerprint density at radius 1 is 1.09 bits per heavy atom. The van der Waals surface area contributed by atoms with Crippen molar-refractivity contribution in [1.82, 2.24) is 10.2 Å². The van der Waals surface area contributed by atoms with Crippen LogP contribution in [0.25, 0.3) is 0 Å². The van der Waals surface area contributed by atoms with Gasteiger partial charge in [0.05, 0.1) is 13.4 Å². The summed E-state index contributed by atoms with van der Waals surface area (Å²) in [5.74, 6) is 0.144. The second-order valence-electron chi connectivity index (χ2n) is 8.52. The van der Waals surface area contributed by atoms with Crippen LogP contribution in [0.5, 0.6) is 5.75 Å². The first-order valence-corrected chi connectivity index (χ1v) is 12.0. The second kappa shape index (κ2) is 11.3. The highest BCUT2D eigenvalue weighted by molar-refractivity contribution is 6.31. The zero-order chi connectivity index (χ0) is 23.9. The number of furan rings is 1. The van der Waals surface area contributed by atoms with Crippen LogP contribution in [0.3, 0.4) is 0 Å². The summed E-state index contributed by atoms with van der Waals surface area (Å²) in [5, 5.41) is 3.72. The average Bonchev–Trinajstić information content (AvgIpc) is 3.40. The van der Waals surface area contributed by atoms with E-state index < -0.39 is 11.9 Å². The molecule has 0 bridgehead atoms. The van der Waals surface area contributed by atoms with Gasteiger partial charge in [-0.05, 0) is 54.3 Å². The number of nitrogens with zero attached hydrogens (tertiary/aromatic N) is 1. The molecule has 1 heterocycles. The molecule has 1 aromatic heterocycles. The van der Waals surface area contributed by atoms with Crippen LogP contribution in [-0.4, -0.2) is 29.9 Å². The lowest BCUT2D eigenvalue weighted by Crippen LogP contribution is -2.46. The van der Waals surface area contributed by atoms with Gasteiger partial charge in [-0.1, -0.05) is 61.2 Å². The summed E-state index contributed by atoms with van der Waals surface area (Å²) < 4.78 is 10.8. The number of rotatable bonds is 8. The number of carbonyl (C=O) groups excluding carboxylic acids is 2. The molecule has 0 aliphatic heterocycles. The Labute approximate surface area is 204 Å². The maximum Gasteiger partial charge on any atom is 0.290 e. The van der Waals surface area contributed by atoms with Crippen molar-refractivity contribution in [3.8, 4) is 5.75 Å². The molecule has 178 valence electrons. The van der Waals surface area contributed by atoms with E-state index in [1.54, 1.807) is 31.4 Å². The van der Waals surface area contributed by atoms with E-state index >= 15 is 0 Å². The second-order valence-corrected chi connectivity index (χ2v) is 8.93. The molecule has 0 radical (unpaired) electrons. The normalized spacial score (nSPS) is 14.9. The van der Waals surface area contributed by atoms with Crippen LogP contribution in [0, 0.1) is 0 Å². The Morgan fingerprint density at radius 3 is 2.59 bits per heavy atom. The van der Waals surface area contributed by atoms with E-state index in [4.69, 9.17) is 20.8 Å². The van der Waals surface area contributed by atoms with Crippen molar-refractivity contribution in [1.29, 1.82) is 0 Å². The molecule has 0 saturated heterocycles. The zero-order valence-electron chi connectivity index (χ0n) is 19.2. The standard InChI is InChI=1S/C27H29ClN2O4/c1-33-22-13-7-10-19(17-22)25(26(31)29-21-11-3-2-4-12-21)30(27(32)24-15-8-16-34-24)18-20-9-5-6-14-23(20)28/h5-10,13-17,21,25H,2-4,11-12,18H2,1H3,(H,29,31). The number of amides is 2. The SMILES string of the molecule is COc1cccc(C(C(=O)NC2CCCCC2)N(Cc2ccccc2Cl)C(=O)c2ccco2)c1. The minimum atomic E-state index is -0.897. The Balaban J connectivity index is 1.76. The predicted molar refractivity (Wildman–Crippen MR) is 131 cm³/mol. The van der Waals surface area contributed by atoms with Gasteiger partial charge in [0.25, 0.3) is 5.91 Å². The first-order valence-electron chi connectivity index (χ1n) is 11.6. The molecule has 4 rings (SSSR count). The predicted octanol–water partition coefficient (Wildman–Crippen LogP) is 5.77. The number of methoxy groups -OCH3 is 1. The molecule has 7 heteroatoms. The van der Waals surface area contributed by atoms with Gasteiger partial charge in [-0.2, -0.15) is 0 Å². The summed E-state index contributed by atoms with van der Waals surface area (Å²) in [4.78, 5) is 29.0. The van der Waals surface area contributed by atoms with E-state index in [-0.39, 0.29) is 24.3 Å². The van der Waals surface area contributed by atoms with Gasteiger partial charge in [0.15, 0.2) is 5.76 Å². The van der Waals surface area contributed by atoms with Crippen molar-refractivity contribution in [3.05, 3.63) is 88.8 Å². The van der Waals surface area contributed by atoms with Crippen LogP contribution in [0.4, 0.5) is 0 Å². The average molecular weight is 481 g/mol. The van der Waals surface area contributed by atoms with E-state index in [9.17, 15) is 9.59 Å². The fourth-order valence-corrected chi connectivity index (χ4v) is 4.64. The third-order valence-electron chi connectivity index (χ3n) is 6.21. The molecule has 0 spiro atoms. The molecule has 1 saturated carbocycles. The van der Waals surface area contributed by atoms with Crippen LogP contribution in [0.1, 0.15) is 59.8 Å². The number of hydrogen-bond donors (Lipinski definition) is 1. The number of nitrogens with one attached hydrogen (secondary N) is 1. The fraction of sp³-hybridized carbons (Fsp3) is 0.333. The van der Waals surface area contributed by atoms with E-state index in [1.165, 1.54) is 17.6 Å². The molecule has 1 fully saturated rings. The van der Waals surface area contributed by atoms with Crippen molar-refractivity contribution in [2.45, 2.75) is 50.7 Å². The van der Waals surface area contributed by atoms with Gasteiger partial charge in [0.2, 0.25) is 5.91 Å². The van der Waals surface area contributed by atoms with E-state index in [0.29, 0.717) is 16.3 Å². The lowest BCUT2D eigenvalue weighted by atomic mass is 9.94. The minimum Gasteiger partial charge on any atom is -0.497 e. The van der Waals surface area contributed by atoms with Gasteiger partial charge in [-0.15, -0.1) is 0 Å². The molecular formula is C27H29ClN2O4. The number of benzene rings is 2. The van der Waals surface area contributed by atoms with E-state index in [0.717, 1.165) is 31.2 Å². The van der Waals surface area contributed by atoms with Gasteiger partial charge in [-0.3, -0.25) is 9.59 Å². The zero-order valence-corrected chi connectivity index (χ0v) is 20.0. The van der Waals surface area contributed by atoms with Gasteiger partial charge in [-0.25, -0.2) is 0 Å². The molecule has 1 aliphatic rings. The van der Waals surface area contributed by atoms with Crippen molar-refractivity contribution in [2.75, 3.05) is 7.11 Å². The first kappa shape index (κ1) is 23.9. The highest BCUT2D eigenvalue weighted by atomic mass is 35.5. The third kappa shape index (κ3) is 5.62. The van der Waals surface area contributed by atoms with Crippen molar-refractivity contribution >= 4 is 23.4 Å². The van der Waals surface area contributed by atoms with Gasteiger partial charge < -0.3 is 19.4 Å². The third-order valence-corrected chi connectivity index (χ3v) is 6.58. The molecule has 1 atom stereocenters. The van der Waals surface area contributed by atoms with Gasteiger partial charge in [0.1, 0.15) is 11.8 Å². The van der Waals surface area contributed by atoms with Gasteiger partial charge >= 0.3 is 0 Å². The number of carbonyl (C=O) groups is 2. The summed E-state index contributed by atoms with van der Waals surface area (Å²) in [6.45, 7) is 0.138. The molecule has 2 aromatic carbocycles. The van der Waals surface area contributed by atoms with Crippen LogP contribution in [0.2, 0.25) is 5.02 Å². The lowest BCUT2D eigenvalue weighted by molar-refractivity contribution is -0.127. The van der Waals surface area contributed by atoms with Crippen LogP contribution in [-0.2, 0) is 11.3 Å². The maximum atomic E-state index is 13.8. The summed E-state index contributed by atoms with van der Waals surface area (Å²) in [5.41, 5.74) is 1.39. The summed E-state index contributed by atoms with van der Waals surface area (Å²) in [7, 11) is 1.58. The molecular weight excluding hydrogens is 452 g/mol. The quantitative estimate of drug-likeness (QED) is 0.444. The summed E-state index contributed by atoms with van der Waals surface area (Å²) >= 11 is 6.45. The minimum absolute atomic E-state index is 0.0928. The summed E-state index contributed by atoms with van der Waals surface area (Å²) in [6, 6.07) is 17.0. The lowest BCUT2D eigenvalue weighted by Gasteiger charge is -2.33. The Kier molecular flexibility index (Phi) is 7.91.